The number of carbonyl (C=O) groups excluding carboxylic acids is 1. The molecule has 4 heteroatoms. The summed E-state index contributed by atoms with van der Waals surface area (Å²) >= 11 is 0. The van der Waals surface area contributed by atoms with Crippen LogP contribution in [0.4, 0.5) is 0 Å². The Bertz CT molecular complexity index is 393. The van der Waals surface area contributed by atoms with Gasteiger partial charge in [-0.15, -0.1) is 0 Å². The van der Waals surface area contributed by atoms with Gasteiger partial charge in [0.25, 0.3) is 0 Å². The van der Waals surface area contributed by atoms with Gasteiger partial charge in [-0.2, -0.15) is 0 Å². The highest BCUT2D eigenvalue weighted by atomic mass is 16.2. The van der Waals surface area contributed by atoms with Crippen molar-refractivity contribution in [2.24, 2.45) is 5.73 Å². The predicted octanol–water partition coefficient (Wildman–Crippen LogP) is 1.35. The second-order valence-electron chi connectivity index (χ2n) is 5.08. The van der Waals surface area contributed by atoms with E-state index in [1.165, 1.54) is 0 Å². The van der Waals surface area contributed by atoms with Crippen LogP contribution in [0, 0.1) is 0 Å². The number of aryl methyl sites for hydroxylation is 1. The Kier molecular flexibility index (Phi) is 4.31. The molecule has 2 N–H and O–H groups in total. The highest BCUT2D eigenvalue weighted by Gasteiger charge is 2.26. The number of hydrogen-bond donors (Lipinski definition) is 1. The number of carbonyl (C=O) groups is 1. The fourth-order valence-corrected chi connectivity index (χ4v) is 2.52. The number of aromatic nitrogens is 1. The van der Waals surface area contributed by atoms with E-state index >= 15 is 0 Å². The topological polar surface area (TPSA) is 59.2 Å². The molecule has 1 saturated heterocycles. The van der Waals surface area contributed by atoms with Gasteiger partial charge in [-0.3, -0.25) is 9.78 Å². The van der Waals surface area contributed by atoms with Gasteiger partial charge in [-0.1, -0.05) is 6.07 Å². The first-order chi connectivity index (χ1) is 8.66. The lowest BCUT2D eigenvalue weighted by molar-refractivity contribution is -0.134. The number of pyridine rings is 1. The van der Waals surface area contributed by atoms with Crippen LogP contribution >= 0.6 is 0 Å². The van der Waals surface area contributed by atoms with Crippen molar-refractivity contribution in [2.45, 2.75) is 44.7 Å². The average Bonchev–Trinajstić information content (AvgIpc) is 2.37. The lowest BCUT2D eigenvalue weighted by atomic mass is 9.98. The summed E-state index contributed by atoms with van der Waals surface area (Å²) < 4.78 is 0. The van der Waals surface area contributed by atoms with Crippen molar-refractivity contribution >= 4 is 5.91 Å². The largest absolute Gasteiger partial charge is 0.340 e. The van der Waals surface area contributed by atoms with E-state index in [-0.39, 0.29) is 18.0 Å². The molecule has 0 aromatic carbocycles. The summed E-state index contributed by atoms with van der Waals surface area (Å²) in [7, 11) is 0. The molecule has 1 aliphatic rings. The van der Waals surface area contributed by atoms with E-state index in [1.807, 2.05) is 23.2 Å². The second-order valence-corrected chi connectivity index (χ2v) is 5.08. The maximum absolute atomic E-state index is 12.2. The van der Waals surface area contributed by atoms with E-state index in [0.29, 0.717) is 6.42 Å². The summed E-state index contributed by atoms with van der Waals surface area (Å²) in [6.45, 7) is 2.88. The number of rotatable bonds is 3. The van der Waals surface area contributed by atoms with Crippen molar-refractivity contribution < 1.29 is 4.79 Å². The minimum atomic E-state index is 0.234. The number of amides is 1. The summed E-state index contributed by atoms with van der Waals surface area (Å²) in [6, 6.07) is 4.44. The Labute approximate surface area is 108 Å². The first kappa shape index (κ1) is 13.0. The van der Waals surface area contributed by atoms with Crippen molar-refractivity contribution in [1.82, 2.24) is 9.88 Å². The molecule has 0 saturated carbocycles. The average molecular weight is 247 g/mol. The normalized spacial score (nSPS) is 24.0. The molecule has 0 bridgehead atoms. The molecule has 1 aliphatic heterocycles. The van der Waals surface area contributed by atoms with Gasteiger partial charge in [0.15, 0.2) is 0 Å². The van der Waals surface area contributed by atoms with Gasteiger partial charge < -0.3 is 10.6 Å². The van der Waals surface area contributed by atoms with Crippen LogP contribution in [0.2, 0.25) is 0 Å². The van der Waals surface area contributed by atoms with Gasteiger partial charge in [0.2, 0.25) is 5.91 Å². The maximum atomic E-state index is 12.2. The van der Waals surface area contributed by atoms with E-state index in [4.69, 9.17) is 5.73 Å². The van der Waals surface area contributed by atoms with E-state index < -0.39 is 0 Å². The molecule has 1 aromatic heterocycles. The lowest BCUT2D eigenvalue weighted by Gasteiger charge is -2.36. The van der Waals surface area contributed by atoms with E-state index in [2.05, 4.69) is 11.9 Å². The van der Waals surface area contributed by atoms with E-state index in [9.17, 15) is 4.79 Å². The zero-order valence-electron chi connectivity index (χ0n) is 10.9. The molecular weight excluding hydrogens is 226 g/mol. The lowest BCUT2D eigenvalue weighted by Crippen LogP contribution is -2.48. The summed E-state index contributed by atoms with van der Waals surface area (Å²) in [5.41, 5.74) is 7.02. The van der Waals surface area contributed by atoms with Gasteiger partial charge in [0, 0.05) is 37.4 Å². The van der Waals surface area contributed by atoms with Gasteiger partial charge in [-0.25, -0.2) is 0 Å². The van der Waals surface area contributed by atoms with Gasteiger partial charge in [0.1, 0.15) is 0 Å². The standard InChI is InChI=1S/C14H21N3O/c1-11-9-13(15)6-8-17(11)14(18)5-4-12-3-2-7-16-10-12/h2-3,7,10-11,13H,4-6,8-9,15H2,1H3. The third-order valence-corrected chi connectivity index (χ3v) is 3.59. The molecule has 2 heterocycles. The van der Waals surface area contributed by atoms with Crippen LogP contribution in [0.3, 0.4) is 0 Å². The first-order valence-corrected chi connectivity index (χ1v) is 6.61. The third kappa shape index (κ3) is 3.29. The molecule has 0 spiro atoms. The van der Waals surface area contributed by atoms with Crippen LogP contribution < -0.4 is 5.73 Å². The fraction of sp³-hybridized carbons (Fsp3) is 0.571. The Hall–Kier alpha value is -1.42. The molecule has 2 atom stereocenters. The molecule has 1 fully saturated rings. The SMILES string of the molecule is CC1CC(N)CCN1C(=O)CCc1cccnc1. The molecule has 1 aromatic rings. The molecule has 98 valence electrons. The van der Waals surface area contributed by atoms with Crippen molar-refractivity contribution in [3.8, 4) is 0 Å². The van der Waals surface area contributed by atoms with Crippen molar-refractivity contribution in [2.75, 3.05) is 6.54 Å². The second kappa shape index (κ2) is 5.96. The number of likely N-dealkylation sites (tertiary alicyclic amines) is 1. The molecule has 2 unspecified atom stereocenters. The fourth-order valence-electron chi connectivity index (χ4n) is 2.52. The Morgan fingerprint density at radius 1 is 1.61 bits per heavy atom. The minimum absolute atomic E-state index is 0.234. The van der Waals surface area contributed by atoms with Crippen LogP contribution in [0.5, 0.6) is 0 Å². The smallest absolute Gasteiger partial charge is 0.223 e. The van der Waals surface area contributed by atoms with Crippen molar-refractivity contribution in [1.29, 1.82) is 0 Å². The maximum Gasteiger partial charge on any atom is 0.223 e. The summed E-state index contributed by atoms with van der Waals surface area (Å²) in [4.78, 5) is 18.2. The highest BCUT2D eigenvalue weighted by Crippen LogP contribution is 2.17. The Morgan fingerprint density at radius 3 is 3.11 bits per heavy atom. The van der Waals surface area contributed by atoms with Crippen molar-refractivity contribution in [3.05, 3.63) is 30.1 Å². The first-order valence-electron chi connectivity index (χ1n) is 6.61. The van der Waals surface area contributed by atoms with Crippen LogP contribution in [-0.2, 0) is 11.2 Å². The van der Waals surface area contributed by atoms with Gasteiger partial charge in [-0.05, 0) is 37.8 Å². The zero-order valence-corrected chi connectivity index (χ0v) is 10.9. The number of piperidine rings is 1. The Balaban J connectivity index is 1.85. The molecule has 1 amide bonds. The third-order valence-electron chi connectivity index (χ3n) is 3.59. The van der Waals surface area contributed by atoms with Gasteiger partial charge >= 0.3 is 0 Å². The number of hydrogen-bond acceptors (Lipinski definition) is 3. The Morgan fingerprint density at radius 2 is 2.44 bits per heavy atom. The molecule has 0 radical (unpaired) electrons. The molecule has 0 aliphatic carbocycles. The predicted molar refractivity (Wildman–Crippen MR) is 70.9 cm³/mol. The summed E-state index contributed by atoms with van der Waals surface area (Å²) in [6.07, 6.45) is 6.73. The van der Waals surface area contributed by atoms with E-state index in [1.54, 1.807) is 6.20 Å². The van der Waals surface area contributed by atoms with Crippen LogP contribution in [-0.4, -0.2) is 34.4 Å². The number of nitrogens with two attached hydrogens (primary N) is 1. The summed E-state index contributed by atoms with van der Waals surface area (Å²) in [5.74, 6) is 0.234. The molecular formula is C14H21N3O. The monoisotopic (exact) mass is 247 g/mol. The molecule has 4 nitrogen and oxygen atoms in total. The molecule has 18 heavy (non-hydrogen) atoms. The minimum Gasteiger partial charge on any atom is -0.340 e. The van der Waals surface area contributed by atoms with Crippen LogP contribution in [0.25, 0.3) is 0 Å². The van der Waals surface area contributed by atoms with E-state index in [0.717, 1.165) is 31.4 Å². The zero-order chi connectivity index (χ0) is 13.0. The van der Waals surface area contributed by atoms with Gasteiger partial charge in [0.05, 0.1) is 0 Å². The van der Waals surface area contributed by atoms with Crippen molar-refractivity contribution in [3.63, 3.8) is 0 Å². The summed E-state index contributed by atoms with van der Waals surface area (Å²) in [5, 5.41) is 0. The quantitative estimate of drug-likeness (QED) is 0.877. The molecule has 2 rings (SSSR count). The van der Waals surface area contributed by atoms with Crippen LogP contribution in [0.1, 0.15) is 31.7 Å². The highest BCUT2D eigenvalue weighted by molar-refractivity contribution is 5.76. The van der Waals surface area contributed by atoms with Crippen LogP contribution in [0.15, 0.2) is 24.5 Å². The number of nitrogens with zero attached hydrogens (tertiary/aromatic N) is 2.